The number of aryl methyl sites for hydroxylation is 1. The summed E-state index contributed by atoms with van der Waals surface area (Å²) in [5.74, 6) is 0.962. The van der Waals surface area contributed by atoms with Gasteiger partial charge in [0, 0.05) is 5.56 Å². The van der Waals surface area contributed by atoms with E-state index in [1.807, 2.05) is 31.2 Å². The number of aromatic nitrogens is 2. The third-order valence-electron chi connectivity index (χ3n) is 3.27. The normalized spacial score (nSPS) is 10.2. The smallest absolute Gasteiger partial charge is 0.222 e. The van der Waals surface area contributed by atoms with Crippen molar-refractivity contribution in [1.29, 1.82) is 5.26 Å². The minimum atomic E-state index is 0.0485. The van der Waals surface area contributed by atoms with Gasteiger partial charge >= 0.3 is 0 Å². The van der Waals surface area contributed by atoms with Crippen LogP contribution in [0.15, 0.2) is 18.2 Å². The van der Waals surface area contributed by atoms with E-state index in [4.69, 9.17) is 16.2 Å². The molecule has 0 aliphatic carbocycles. The Hall–Kier alpha value is -2.81. The van der Waals surface area contributed by atoms with E-state index in [-0.39, 0.29) is 17.3 Å². The maximum atomic E-state index is 9.24. The van der Waals surface area contributed by atoms with Crippen LogP contribution in [-0.4, -0.2) is 16.6 Å². The lowest BCUT2D eigenvalue weighted by molar-refractivity contribution is 0.307. The second-order valence-corrected chi connectivity index (χ2v) is 4.98. The van der Waals surface area contributed by atoms with Gasteiger partial charge < -0.3 is 16.2 Å². The van der Waals surface area contributed by atoms with Gasteiger partial charge in [0.2, 0.25) is 5.95 Å². The van der Waals surface area contributed by atoms with Gasteiger partial charge in [-0.2, -0.15) is 10.2 Å². The monoisotopic (exact) mass is 297 g/mol. The molecule has 0 saturated heterocycles. The SMILES string of the molecule is CCCCOc1ccc(-c2nc(N)nc(N)c2C#N)cc1C. The molecule has 0 fully saturated rings. The van der Waals surface area contributed by atoms with Crippen molar-refractivity contribution in [1.82, 2.24) is 9.97 Å². The summed E-state index contributed by atoms with van der Waals surface area (Å²) < 4.78 is 5.72. The molecular formula is C16H19N5O. The van der Waals surface area contributed by atoms with Crippen molar-refractivity contribution in [2.24, 2.45) is 0 Å². The van der Waals surface area contributed by atoms with Gasteiger partial charge in [-0.3, -0.25) is 0 Å². The van der Waals surface area contributed by atoms with Crippen LogP contribution in [0.4, 0.5) is 11.8 Å². The largest absolute Gasteiger partial charge is 0.493 e. The molecule has 0 aliphatic rings. The molecule has 4 N–H and O–H groups in total. The molecule has 0 amide bonds. The number of hydrogen-bond donors (Lipinski definition) is 2. The Kier molecular flexibility index (Phi) is 4.79. The Morgan fingerprint density at radius 3 is 2.68 bits per heavy atom. The van der Waals surface area contributed by atoms with E-state index in [0.29, 0.717) is 12.3 Å². The highest BCUT2D eigenvalue weighted by atomic mass is 16.5. The molecule has 22 heavy (non-hydrogen) atoms. The van der Waals surface area contributed by atoms with E-state index in [9.17, 15) is 5.26 Å². The van der Waals surface area contributed by atoms with Gasteiger partial charge in [-0.15, -0.1) is 0 Å². The molecule has 0 bridgehead atoms. The number of anilines is 2. The van der Waals surface area contributed by atoms with E-state index in [0.717, 1.165) is 29.7 Å². The highest BCUT2D eigenvalue weighted by Crippen LogP contribution is 2.29. The average molecular weight is 297 g/mol. The summed E-state index contributed by atoms with van der Waals surface area (Å²) in [5.41, 5.74) is 13.8. The van der Waals surface area contributed by atoms with Crippen molar-refractivity contribution >= 4 is 11.8 Å². The Morgan fingerprint density at radius 2 is 2.05 bits per heavy atom. The van der Waals surface area contributed by atoms with E-state index in [1.54, 1.807) is 0 Å². The number of nitrogens with two attached hydrogens (primary N) is 2. The van der Waals surface area contributed by atoms with Crippen molar-refractivity contribution in [3.8, 4) is 23.1 Å². The van der Waals surface area contributed by atoms with Crippen molar-refractivity contribution in [2.75, 3.05) is 18.1 Å². The molecule has 6 heteroatoms. The molecule has 1 heterocycles. The van der Waals surface area contributed by atoms with E-state index in [1.165, 1.54) is 0 Å². The first-order valence-electron chi connectivity index (χ1n) is 7.13. The molecular weight excluding hydrogens is 278 g/mol. The average Bonchev–Trinajstić information content (AvgIpc) is 2.48. The molecule has 2 rings (SSSR count). The molecule has 1 aromatic heterocycles. The van der Waals surface area contributed by atoms with E-state index >= 15 is 0 Å². The standard InChI is InChI=1S/C16H19N5O/c1-3-4-7-22-13-6-5-11(8-10(13)2)14-12(9-17)15(18)21-16(19)20-14/h5-6,8H,3-4,7H2,1-2H3,(H4,18,19,20,21). The summed E-state index contributed by atoms with van der Waals surface area (Å²) in [6.07, 6.45) is 2.10. The second-order valence-electron chi connectivity index (χ2n) is 4.98. The lowest BCUT2D eigenvalue weighted by Gasteiger charge is -2.11. The van der Waals surface area contributed by atoms with Crippen molar-refractivity contribution in [3.63, 3.8) is 0 Å². The highest BCUT2D eigenvalue weighted by molar-refractivity contribution is 5.74. The maximum Gasteiger partial charge on any atom is 0.222 e. The van der Waals surface area contributed by atoms with Crippen molar-refractivity contribution < 1.29 is 4.74 Å². The first-order chi connectivity index (χ1) is 10.6. The minimum absolute atomic E-state index is 0.0485. The molecule has 0 aliphatic heterocycles. The second kappa shape index (κ2) is 6.76. The first-order valence-corrected chi connectivity index (χ1v) is 7.13. The van der Waals surface area contributed by atoms with Crippen LogP contribution in [0.1, 0.15) is 30.9 Å². The van der Waals surface area contributed by atoms with Crippen LogP contribution in [0.3, 0.4) is 0 Å². The highest BCUT2D eigenvalue weighted by Gasteiger charge is 2.14. The van der Waals surface area contributed by atoms with E-state index in [2.05, 4.69) is 16.9 Å². The maximum absolute atomic E-state index is 9.24. The fraction of sp³-hybridized carbons (Fsp3) is 0.312. The molecule has 1 aromatic carbocycles. The van der Waals surface area contributed by atoms with Crippen LogP contribution in [-0.2, 0) is 0 Å². The van der Waals surface area contributed by atoms with Gasteiger partial charge in [0.25, 0.3) is 0 Å². The lowest BCUT2D eigenvalue weighted by atomic mass is 10.0. The van der Waals surface area contributed by atoms with Gasteiger partial charge in [0.1, 0.15) is 23.2 Å². The molecule has 114 valence electrons. The van der Waals surface area contributed by atoms with Crippen LogP contribution in [0.5, 0.6) is 5.75 Å². The zero-order valence-electron chi connectivity index (χ0n) is 12.8. The number of rotatable bonds is 5. The summed E-state index contributed by atoms with van der Waals surface area (Å²) in [5, 5.41) is 9.24. The van der Waals surface area contributed by atoms with Gasteiger partial charge in [0.15, 0.2) is 0 Å². The molecule has 2 aromatic rings. The first kappa shape index (κ1) is 15.6. The number of hydrogen-bond acceptors (Lipinski definition) is 6. The summed E-state index contributed by atoms with van der Waals surface area (Å²) in [6.45, 7) is 4.75. The quantitative estimate of drug-likeness (QED) is 0.821. The van der Waals surface area contributed by atoms with Crippen LogP contribution >= 0.6 is 0 Å². The molecule has 0 unspecified atom stereocenters. The van der Waals surface area contributed by atoms with Gasteiger partial charge in [0.05, 0.1) is 12.3 Å². The fourth-order valence-corrected chi connectivity index (χ4v) is 2.10. The topological polar surface area (TPSA) is 111 Å². The molecule has 0 spiro atoms. The van der Waals surface area contributed by atoms with E-state index < -0.39 is 0 Å². The predicted octanol–water partition coefficient (Wildman–Crippen LogP) is 2.67. The van der Waals surface area contributed by atoms with Crippen molar-refractivity contribution in [2.45, 2.75) is 26.7 Å². The van der Waals surface area contributed by atoms with Gasteiger partial charge in [-0.1, -0.05) is 13.3 Å². The number of ether oxygens (including phenoxy) is 1. The zero-order chi connectivity index (χ0) is 16.1. The van der Waals surface area contributed by atoms with Crippen LogP contribution in [0.25, 0.3) is 11.3 Å². The number of nitrogen functional groups attached to an aromatic ring is 2. The van der Waals surface area contributed by atoms with Gasteiger partial charge in [-0.25, -0.2) is 4.98 Å². The van der Waals surface area contributed by atoms with Gasteiger partial charge in [-0.05, 0) is 37.1 Å². The summed E-state index contributed by atoms with van der Waals surface area (Å²) in [6, 6.07) is 7.65. The molecule has 0 saturated carbocycles. The predicted molar refractivity (Wildman–Crippen MR) is 86.1 cm³/mol. The summed E-state index contributed by atoms with van der Waals surface area (Å²) in [4.78, 5) is 7.96. The number of nitriles is 1. The zero-order valence-corrected chi connectivity index (χ0v) is 12.8. The third kappa shape index (κ3) is 3.26. The summed E-state index contributed by atoms with van der Waals surface area (Å²) >= 11 is 0. The Balaban J connectivity index is 2.39. The lowest BCUT2D eigenvalue weighted by Crippen LogP contribution is -2.05. The molecule has 6 nitrogen and oxygen atoms in total. The van der Waals surface area contributed by atoms with Crippen LogP contribution in [0.2, 0.25) is 0 Å². The molecule has 0 atom stereocenters. The Bertz CT molecular complexity index is 721. The third-order valence-corrected chi connectivity index (χ3v) is 3.27. The number of benzene rings is 1. The number of unbranched alkanes of at least 4 members (excludes halogenated alkanes) is 1. The molecule has 0 radical (unpaired) electrons. The minimum Gasteiger partial charge on any atom is -0.493 e. The Labute approximate surface area is 129 Å². The summed E-state index contributed by atoms with van der Waals surface area (Å²) in [7, 11) is 0. The van der Waals surface area contributed by atoms with Crippen molar-refractivity contribution in [3.05, 3.63) is 29.3 Å². The number of nitrogens with zero attached hydrogens (tertiary/aromatic N) is 3. The Morgan fingerprint density at radius 1 is 1.27 bits per heavy atom. The fourth-order valence-electron chi connectivity index (χ4n) is 2.10. The van der Waals surface area contributed by atoms with Crippen LogP contribution in [0, 0.1) is 18.3 Å². The van der Waals surface area contributed by atoms with Crippen LogP contribution < -0.4 is 16.2 Å².